The molecule has 2 N–H and O–H groups in total. The smallest absolute Gasteiger partial charge is 0.226 e. The van der Waals surface area contributed by atoms with Crippen LogP contribution in [0.1, 0.15) is 65.2 Å². The average Bonchev–Trinajstić information content (AvgIpc) is 2.49. The Balaban J connectivity index is 2.44. The Morgan fingerprint density at radius 1 is 0.952 bits per heavy atom. The Morgan fingerprint density at radius 3 is 2.19 bits per heavy atom. The van der Waals surface area contributed by atoms with Crippen molar-refractivity contribution in [3.05, 3.63) is 24.3 Å². The van der Waals surface area contributed by atoms with Crippen molar-refractivity contribution in [2.24, 2.45) is 0 Å². The van der Waals surface area contributed by atoms with E-state index in [-0.39, 0.29) is 5.91 Å². The molecule has 0 radical (unpaired) electrons. The highest BCUT2D eigenvalue weighted by molar-refractivity contribution is 5.93. The van der Waals surface area contributed by atoms with Gasteiger partial charge in [-0.15, -0.1) is 0 Å². The van der Waals surface area contributed by atoms with Crippen molar-refractivity contribution in [3.63, 3.8) is 0 Å². The van der Waals surface area contributed by atoms with Gasteiger partial charge in [0.15, 0.2) is 0 Å². The number of carbonyl (C=O) groups excluding carboxylic acids is 1. The summed E-state index contributed by atoms with van der Waals surface area (Å²) >= 11 is 0. The highest BCUT2D eigenvalue weighted by Crippen LogP contribution is 2.19. The Labute approximate surface area is 129 Å². The van der Waals surface area contributed by atoms with Crippen molar-refractivity contribution in [2.75, 3.05) is 17.2 Å². The van der Waals surface area contributed by atoms with Gasteiger partial charge in [0.1, 0.15) is 0 Å². The van der Waals surface area contributed by atoms with E-state index in [1.807, 2.05) is 29.2 Å². The minimum Gasteiger partial charge on any atom is -0.399 e. The normalized spacial score (nSPS) is 10.6. The molecule has 0 aliphatic rings. The van der Waals surface area contributed by atoms with Crippen molar-refractivity contribution in [1.82, 2.24) is 0 Å². The predicted molar refractivity (Wildman–Crippen MR) is 91.5 cm³/mol. The van der Waals surface area contributed by atoms with E-state index in [4.69, 9.17) is 5.73 Å². The number of rotatable bonds is 10. The Kier molecular flexibility index (Phi) is 8.56. The van der Waals surface area contributed by atoms with Crippen LogP contribution in [0.2, 0.25) is 0 Å². The van der Waals surface area contributed by atoms with E-state index < -0.39 is 0 Å². The fourth-order valence-corrected chi connectivity index (χ4v) is 2.47. The molecule has 118 valence electrons. The summed E-state index contributed by atoms with van der Waals surface area (Å²) in [6.07, 6.45) is 8.88. The molecule has 0 saturated carbocycles. The quantitative estimate of drug-likeness (QED) is 0.498. The number of hydrogen-bond donors (Lipinski definition) is 1. The maximum Gasteiger partial charge on any atom is 0.226 e. The van der Waals surface area contributed by atoms with Crippen LogP contribution in [-0.2, 0) is 4.79 Å². The number of nitrogens with two attached hydrogens (primary N) is 1. The molecule has 3 nitrogen and oxygen atoms in total. The van der Waals surface area contributed by atoms with Crippen molar-refractivity contribution in [3.8, 4) is 0 Å². The number of amides is 1. The van der Waals surface area contributed by atoms with Gasteiger partial charge in [-0.1, -0.05) is 46.0 Å². The van der Waals surface area contributed by atoms with Crippen LogP contribution in [0.3, 0.4) is 0 Å². The van der Waals surface area contributed by atoms with Crippen molar-refractivity contribution >= 4 is 17.3 Å². The number of unbranched alkanes of at least 4 members (excludes halogenated alkanes) is 5. The molecule has 21 heavy (non-hydrogen) atoms. The van der Waals surface area contributed by atoms with Crippen LogP contribution in [0.4, 0.5) is 11.4 Å². The molecule has 1 aromatic carbocycles. The second-order valence-corrected chi connectivity index (χ2v) is 5.65. The van der Waals surface area contributed by atoms with E-state index in [9.17, 15) is 4.79 Å². The van der Waals surface area contributed by atoms with Crippen LogP contribution < -0.4 is 10.6 Å². The SMILES string of the molecule is CCCCCCCCC(=O)N(CCC)c1ccc(N)cc1. The number of nitrogens with zero attached hydrogens (tertiary/aromatic N) is 1. The monoisotopic (exact) mass is 290 g/mol. The first-order valence-corrected chi connectivity index (χ1v) is 8.35. The summed E-state index contributed by atoms with van der Waals surface area (Å²) in [7, 11) is 0. The van der Waals surface area contributed by atoms with Gasteiger partial charge >= 0.3 is 0 Å². The molecule has 1 amide bonds. The third-order valence-corrected chi connectivity index (χ3v) is 3.70. The van der Waals surface area contributed by atoms with Crippen LogP contribution in [0.15, 0.2) is 24.3 Å². The number of benzene rings is 1. The standard InChI is InChI=1S/C18H30N2O/c1-3-5-6-7-8-9-10-18(21)20(15-4-2)17-13-11-16(19)12-14-17/h11-14H,3-10,15,19H2,1-2H3. The summed E-state index contributed by atoms with van der Waals surface area (Å²) in [5, 5.41) is 0. The molecular weight excluding hydrogens is 260 g/mol. The van der Waals surface area contributed by atoms with E-state index in [0.717, 1.165) is 37.2 Å². The van der Waals surface area contributed by atoms with Gasteiger partial charge in [-0.3, -0.25) is 4.79 Å². The number of nitrogen functional groups attached to an aromatic ring is 1. The van der Waals surface area contributed by atoms with E-state index in [2.05, 4.69) is 13.8 Å². The van der Waals surface area contributed by atoms with Crippen LogP contribution in [0, 0.1) is 0 Å². The highest BCUT2D eigenvalue weighted by atomic mass is 16.2. The Morgan fingerprint density at radius 2 is 1.57 bits per heavy atom. The van der Waals surface area contributed by atoms with Gasteiger partial charge in [0.2, 0.25) is 5.91 Å². The lowest BCUT2D eigenvalue weighted by Crippen LogP contribution is -2.31. The molecule has 0 atom stereocenters. The number of hydrogen-bond acceptors (Lipinski definition) is 2. The first-order valence-electron chi connectivity index (χ1n) is 8.35. The van der Waals surface area contributed by atoms with E-state index in [1.54, 1.807) is 0 Å². The first kappa shape index (κ1) is 17.5. The fraction of sp³-hybridized carbons (Fsp3) is 0.611. The van der Waals surface area contributed by atoms with Crippen LogP contribution in [0.25, 0.3) is 0 Å². The van der Waals surface area contributed by atoms with E-state index in [1.165, 1.54) is 25.7 Å². The first-order chi connectivity index (χ1) is 10.2. The third kappa shape index (κ3) is 6.65. The lowest BCUT2D eigenvalue weighted by molar-refractivity contribution is -0.118. The minimum atomic E-state index is 0.233. The molecule has 0 fully saturated rings. The maximum absolute atomic E-state index is 12.4. The molecule has 0 spiro atoms. The molecule has 0 heterocycles. The van der Waals surface area contributed by atoms with Crippen molar-refractivity contribution in [1.29, 1.82) is 0 Å². The van der Waals surface area contributed by atoms with Gasteiger partial charge in [-0.05, 0) is 37.1 Å². The Hall–Kier alpha value is -1.51. The molecule has 0 saturated heterocycles. The second kappa shape index (κ2) is 10.3. The van der Waals surface area contributed by atoms with Crippen LogP contribution in [-0.4, -0.2) is 12.5 Å². The molecule has 0 bridgehead atoms. The highest BCUT2D eigenvalue weighted by Gasteiger charge is 2.14. The lowest BCUT2D eigenvalue weighted by atomic mass is 10.1. The second-order valence-electron chi connectivity index (χ2n) is 5.65. The largest absolute Gasteiger partial charge is 0.399 e. The molecule has 1 aromatic rings. The lowest BCUT2D eigenvalue weighted by Gasteiger charge is -2.22. The summed E-state index contributed by atoms with van der Waals surface area (Å²) in [6.45, 7) is 5.10. The minimum absolute atomic E-state index is 0.233. The Bertz CT molecular complexity index is 400. The maximum atomic E-state index is 12.4. The van der Waals surface area contributed by atoms with Gasteiger partial charge < -0.3 is 10.6 Å². The van der Waals surface area contributed by atoms with E-state index in [0.29, 0.717) is 6.42 Å². The predicted octanol–water partition coefficient (Wildman–Crippen LogP) is 4.76. The van der Waals surface area contributed by atoms with Crippen molar-refractivity contribution in [2.45, 2.75) is 65.2 Å². The zero-order valence-corrected chi connectivity index (χ0v) is 13.6. The summed E-state index contributed by atoms with van der Waals surface area (Å²) < 4.78 is 0. The van der Waals surface area contributed by atoms with Gasteiger partial charge in [-0.2, -0.15) is 0 Å². The van der Waals surface area contributed by atoms with Gasteiger partial charge in [0.25, 0.3) is 0 Å². The van der Waals surface area contributed by atoms with Gasteiger partial charge in [-0.25, -0.2) is 0 Å². The molecule has 0 aromatic heterocycles. The molecule has 0 aliphatic carbocycles. The molecule has 3 heteroatoms. The molecule has 0 unspecified atom stereocenters. The molecule has 0 aliphatic heterocycles. The number of anilines is 2. The van der Waals surface area contributed by atoms with Crippen molar-refractivity contribution < 1.29 is 4.79 Å². The summed E-state index contributed by atoms with van der Waals surface area (Å²) in [4.78, 5) is 14.3. The molecular formula is C18H30N2O. The zero-order valence-electron chi connectivity index (χ0n) is 13.6. The van der Waals surface area contributed by atoms with Gasteiger partial charge in [0, 0.05) is 24.3 Å². The fourth-order valence-electron chi connectivity index (χ4n) is 2.47. The summed E-state index contributed by atoms with van der Waals surface area (Å²) in [6, 6.07) is 7.58. The zero-order chi connectivity index (χ0) is 15.5. The van der Waals surface area contributed by atoms with Crippen LogP contribution in [0.5, 0.6) is 0 Å². The van der Waals surface area contributed by atoms with E-state index >= 15 is 0 Å². The number of carbonyl (C=O) groups is 1. The van der Waals surface area contributed by atoms with Crippen LogP contribution >= 0.6 is 0 Å². The molecule has 1 rings (SSSR count). The summed E-state index contributed by atoms with van der Waals surface area (Å²) in [5.41, 5.74) is 7.41. The summed E-state index contributed by atoms with van der Waals surface area (Å²) in [5.74, 6) is 0.233. The van der Waals surface area contributed by atoms with Gasteiger partial charge in [0.05, 0.1) is 0 Å². The topological polar surface area (TPSA) is 46.3 Å². The average molecular weight is 290 g/mol. The third-order valence-electron chi connectivity index (χ3n) is 3.70.